The minimum atomic E-state index is -0.733. The van der Waals surface area contributed by atoms with Gasteiger partial charge in [-0.1, -0.05) is 42.0 Å². The van der Waals surface area contributed by atoms with Gasteiger partial charge in [0.15, 0.2) is 0 Å². The summed E-state index contributed by atoms with van der Waals surface area (Å²) in [5.74, 6) is -0.0570. The lowest BCUT2D eigenvalue weighted by Gasteiger charge is -2.09. The molecule has 0 saturated carbocycles. The second kappa shape index (κ2) is 9.82. The molecule has 154 valence electrons. The Morgan fingerprint density at radius 2 is 1.93 bits per heavy atom. The zero-order valence-corrected chi connectivity index (χ0v) is 16.1. The number of aryl methyl sites for hydroxylation is 1. The van der Waals surface area contributed by atoms with Crippen molar-refractivity contribution in [3.8, 4) is 5.75 Å². The zero-order valence-electron chi connectivity index (χ0n) is 16.1. The molecule has 10 nitrogen and oxygen atoms in total. The highest BCUT2D eigenvalue weighted by molar-refractivity contribution is 5.86. The number of carbonyl (C=O) groups is 1. The van der Waals surface area contributed by atoms with Gasteiger partial charge in [-0.2, -0.15) is 5.10 Å². The van der Waals surface area contributed by atoms with Crippen molar-refractivity contribution in [3.05, 3.63) is 86.1 Å². The fourth-order valence-electron chi connectivity index (χ4n) is 2.41. The fraction of sp³-hybridized carbons (Fsp3) is 0.150. The number of aromatic nitrogens is 3. The second-order valence-electron chi connectivity index (χ2n) is 6.31. The summed E-state index contributed by atoms with van der Waals surface area (Å²) in [6.45, 7) is 2.17. The molecule has 2 aromatic carbocycles. The molecule has 0 unspecified atom stereocenters. The second-order valence-corrected chi connectivity index (χ2v) is 6.31. The number of carbonyl (C=O) groups excluding carboxylic acids is 1. The minimum Gasteiger partial charge on any atom is -0.488 e. The molecular weight excluding hydrogens is 388 g/mol. The molecule has 0 aliphatic carbocycles. The van der Waals surface area contributed by atoms with Crippen molar-refractivity contribution >= 4 is 17.9 Å². The van der Waals surface area contributed by atoms with Gasteiger partial charge in [-0.15, -0.1) is 5.10 Å². The zero-order chi connectivity index (χ0) is 21.3. The molecule has 10 heteroatoms. The van der Waals surface area contributed by atoms with E-state index in [1.807, 2.05) is 60.4 Å². The largest absolute Gasteiger partial charge is 0.488 e. The molecular formula is C20H20N6O4. The molecule has 0 atom stereocenters. The van der Waals surface area contributed by atoms with E-state index in [-0.39, 0.29) is 12.4 Å². The van der Waals surface area contributed by atoms with Gasteiger partial charge < -0.3 is 10.1 Å². The Bertz CT molecular complexity index is 1150. The molecule has 3 rings (SSSR count). The number of nitrogens with zero attached hydrogens (tertiary/aromatic N) is 2. The molecule has 0 bridgehead atoms. The predicted octanol–water partition coefficient (Wildman–Crippen LogP) is 0.908. The van der Waals surface area contributed by atoms with E-state index in [1.165, 1.54) is 11.8 Å². The van der Waals surface area contributed by atoms with Gasteiger partial charge in [-0.05, 0) is 24.6 Å². The van der Waals surface area contributed by atoms with Crippen molar-refractivity contribution in [2.45, 2.75) is 13.5 Å². The molecule has 0 saturated heterocycles. The standard InChI is InChI=1S/C20H20N6O4/c1-13-6-8-14(9-7-13)12-30-16-5-3-2-4-15(16)10-22-24-17(27)11-21-18-19(28)23-20(29)26-25-18/h2-10H,11-12H2,1H3,(H,21,25)(H,24,27)(H2,23,26,28,29)/b22-10+. The number of amides is 1. The van der Waals surface area contributed by atoms with Crippen LogP contribution in [-0.2, 0) is 11.4 Å². The van der Waals surface area contributed by atoms with Crippen molar-refractivity contribution < 1.29 is 9.53 Å². The Labute approximate surface area is 171 Å². The van der Waals surface area contributed by atoms with E-state index in [0.29, 0.717) is 17.9 Å². The van der Waals surface area contributed by atoms with Crippen LogP contribution in [0.3, 0.4) is 0 Å². The predicted molar refractivity (Wildman–Crippen MR) is 112 cm³/mol. The Morgan fingerprint density at radius 1 is 1.17 bits per heavy atom. The van der Waals surface area contributed by atoms with E-state index in [0.717, 1.165) is 5.56 Å². The molecule has 1 aromatic heterocycles. The number of aromatic amines is 2. The van der Waals surface area contributed by atoms with E-state index >= 15 is 0 Å². The van der Waals surface area contributed by atoms with Crippen LogP contribution in [-0.4, -0.2) is 33.8 Å². The highest BCUT2D eigenvalue weighted by Crippen LogP contribution is 2.17. The Hall–Kier alpha value is -4.21. The van der Waals surface area contributed by atoms with Crippen LogP contribution >= 0.6 is 0 Å². The van der Waals surface area contributed by atoms with Crippen LogP contribution < -0.4 is 26.7 Å². The summed E-state index contributed by atoms with van der Waals surface area (Å²) in [5.41, 5.74) is 3.79. The summed E-state index contributed by atoms with van der Waals surface area (Å²) in [4.78, 5) is 36.3. The molecule has 3 aromatic rings. The molecule has 30 heavy (non-hydrogen) atoms. The Balaban J connectivity index is 1.54. The third kappa shape index (κ3) is 5.89. The number of hydrogen-bond acceptors (Lipinski definition) is 7. The van der Waals surface area contributed by atoms with Gasteiger partial charge in [-0.3, -0.25) is 14.6 Å². The van der Waals surface area contributed by atoms with Crippen molar-refractivity contribution in [1.82, 2.24) is 20.6 Å². The lowest BCUT2D eigenvalue weighted by Crippen LogP contribution is -2.31. The van der Waals surface area contributed by atoms with Crippen molar-refractivity contribution in [2.75, 3.05) is 11.9 Å². The van der Waals surface area contributed by atoms with E-state index in [2.05, 4.69) is 26.0 Å². The molecule has 1 amide bonds. The average Bonchev–Trinajstić information content (AvgIpc) is 2.73. The first kappa shape index (κ1) is 20.5. The van der Waals surface area contributed by atoms with E-state index in [9.17, 15) is 14.4 Å². The number of H-pyrrole nitrogens is 2. The molecule has 1 heterocycles. The maximum Gasteiger partial charge on any atom is 0.342 e. The number of hydrazone groups is 1. The summed E-state index contributed by atoms with van der Waals surface area (Å²) in [6, 6.07) is 15.3. The van der Waals surface area contributed by atoms with Gasteiger partial charge in [0.2, 0.25) is 5.82 Å². The monoisotopic (exact) mass is 408 g/mol. The van der Waals surface area contributed by atoms with Crippen LogP contribution in [0.5, 0.6) is 5.75 Å². The van der Waals surface area contributed by atoms with Crippen LogP contribution in [0.4, 0.5) is 5.82 Å². The third-order valence-electron chi connectivity index (χ3n) is 3.95. The number of para-hydroxylation sites is 1. The van der Waals surface area contributed by atoms with Gasteiger partial charge in [-0.25, -0.2) is 15.3 Å². The number of nitrogens with one attached hydrogen (secondary N) is 4. The SMILES string of the molecule is Cc1ccc(COc2ccccc2/C=N/NC(=O)CNc2n[nH]c(=O)[nH]c2=O)cc1. The number of benzene rings is 2. The Kier molecular flexibility index (Phi) is 6.72. The van der Waals surface area contributed by atoms with Gasteiger partial charge >= 0.3 is 5.69 Å². The summed E-state index contributed by atoms with van der Waals surface area (Å²) >= 11 is 0. The summed E-state index contributed by atoms with van der Waals surface area (Å²) in [7, 11) is 0. The molecule has 0 fully saturated rings. The van der Waals surface area contributed by atoms with Gasteiger partial charge in [0.25, 0.3) is 11.5 Å². The molecule has 0 radical (unpaired) electrons. The van der Waals surface area contributed by atoms with Gasteiger partial charge in [0, 0.05) is 5.56 Å². The quantitative estimate of drug-likeness (QED) is 0.322. The number of rotatable bonds is 8. The molecule has 0 aliphatic rings. The maximum absolute atomic E-state index is 11.9. The van der Waals surface area contributed by atoms with Crippen LogP contribution in [0.25, 0.3) is 0 Å². The van der Waals surface area contributed by atoms with E-state index < -0.39 is 17.2 Å². The van der Waals surface area contributed by atoms with E-state index in [4.69, 9.17) is 4.74 Å². The van der Waals surface area contributed by atoms with Gasteiger partial charge in [0.05, 0.1) is 12.8 Å². The van der Waals surface area contributed by atoms with Crippen molar-refractivity contribution in [2.24, 2.45) is 5.10 Å². The molecule has 0 aliphatic heterocycles. The third-order valence-corrected chi connectivity index (χ3v) is 3.95. The lowest BCUT2D eigenvalue weighted by atomic mass is 10.1. The molecule has 4 N–H and O–H groups in total. The first-order valence-electron chi connectivity index (χ1n) is 9.03. The highest BCUT2D eigenvalue weighted by Gasteiger charge is 2.05. The fourth-order valence-corrected chi connectivity index (χ4v) is 2.41. The maximum atomic E-state index is 11.9. The summed E-state index contributed by atoms with van der Waals surface area (Å²) < 4.78 is 5.86. The minimum absolute atomic E-state index is 0.177. The van der Waals surface area contributed by atoms with Crippen molar-refractivity contribution in [3.63, 3.8) is 0 Å². The van der Waals surface area contributed by atoms with Gasteiger partial charge in [0.1, 0.15) is 12.4 Å². The smallest absolute Gasteiger partial charge is 0.342 e. The number of anilines is 1. The van der Waals surface area contributed by atoms with Crippen molar-refractivity contribution in [1.29, 1.82) is 0 Å². The normalized spacial score (nSPS) is 10.7. The van der Waals surface area contributed by atoms with E-state index in [1.54, 1.807) is 0 Å². The summed E-state index contributed by atoms with van der Waals surface area (Å²) in [5, 5.41) is 12.0. The highest BCUT2D eigenvalue weighted by atomic mass is 16.5. The lowest BCUT2D eigenvalue weighted by molar-refractivity contribution is -0.119. The summed E-state index contributed by atoms with van der Waals surface area (Å²) in [6.07, 6.45) is 1.47. The van der Waals surface area contributed by atoms with Crippen LogP contribution in [0.15, 0.2) is 63.2 Å². The Morgan fingerprint density at radius 3 is 2.70 bits per heavy atom. The van der Waals surface area contributed by atoms with Crippen LogP contribution in [0.1, 0.15) is 16.7 Å². The topological polar surface area (TPSA) is 141 Å². The number of ether oxygens (including phenoxy) is 1. The average molecular weight is 408 g/mol. The first-order chi connectivity index (χ1) is 14.5. The first-order valence-corrected chi connectivity index (χ1v) is 9.03. The molecule has 0 spiro atoms. The van der Waals surface area contributed by atoms with Crippen LogP contribution in [0.2, 0.25) is 0 Å². The number of hydrogen-bond donors (Lipinski definition) is 4. The van der Waals surface area contributed by atoms with Crippen LogP contribution in [0, 0.1) is 6.92 Å².